The maximum atomic E-state index is 13.0. The van der Waals surface area contributed by atoms with Crippen LogP contribution in [0.4, 0.5) is 0 Å². The Kier molecular flexibility index (Phi) is 6.94. The van der Waals surface area contributed by atoms with Crippen molar-refractivity contribution in [2.45, 2.75) is 62.9 Å². The maximum Gasteiger partial charge on any atom is 0.251 e. The molecule has 1 amide bonds. The van der Waals surface area contributed by atoms with Gasteiger partial charge in [-0.25, -0.2) is 0 Å². The predicted molar refractivity (Wildman–Crippen MR) is 143 cm³/mol. The lowest BCUT2D eigenvalue weighted by molar-refractivity contribution is -0.00801. The molecule has 0 aliphatic heterocycles. The van der Waals surface area contributed by atoms with Gasteiger partial charge in [-0.2, -0.15) is 0 Å². The first-order valence-electron chi connectivity index (χ1n) is 13.0. The van der Waals surface area contributed by atoms with Crippen LogP contribution in [0.5, 0.6) is 0 Å². The van der Waals surface area contributed by atoms with E-state index in [-0.39, 0.29) is 11.3 Å². The van der Waals surface area contributed by atoms with Crippen molar-refractivity contribution >= 4 is 5.91 Å². The molecule has 2 aliphatic rings. The van der Waals surface area contributed by atoms with Crippen molar-refractivity contribution in [2.24, 2.45) is 5.92 Å². The van der Waals surface area contributed by atoms with E-state index in [9.17, 15) is 9.90 Å². The smallest absolute Gasteiger partial charge is 0.251 e. The molecule has 4 heteroatoms. The highest BCUT2D eigenvalue weighted by Crippen LogP contribution is 2.54. The highest BCUT2D eigenvalue weighted by atomic mass is 16.3. The second kappa shape index (κ2) is 10.3. The summed E-state index contributed by atoms with van der Waals surface area (Å²) in [4.78, 5) is 17.3. The summed E-state index contributed by atoms with van der Waals surface area (Å²) >= 11 is 0. The van der Waals surface area contributed by atoms with Gasteiger partial charge in [0.05, 0.1) is 0 Å². The Bertz CT molecular complexity index is 1280. The van der Waals surface area contributed by atoms with Crippen LogP contribution in [0.2, 0.25) is 0 Å². The van der Waals surface area contributed by atoms with Gasteiger partial charge >= 0.3 is 0 Å². The van der Waals surface area contributed by atoms with E-state index in [2.05, 4.69) is 64.6 Å². The van der Waals surface area contributed by atoms with Crippen molar-refractivity contribution in [3.05, 3.63) is 101 Å². The molecule has 2 N–H and O–H groups in total. The zero-order chi connectivity index (χ0) is 25.0. The summed E-state index contributed by atoms with van der Waals surface area (Å²) in [5, 5.41) is 14.2. The number of rotatable bonds is 6. The highest BCUT2D eigenvalue weighted by molar-refractivity contribution is 5.94. The monoisotopic (exact) mass is 478 g/mol. The molecule has 3 aromatic rings. The van der Waals surface area contributed by atoms with Crippen molar-refractivity contribution in [3.8, 4) is 11.8 Å². The SMILES string of the molecule is CC#C[C@@]1(O)CC[C@@]2(Cc3ccccc3)c3ccc(C(=O)NCCc4ccccn4)cc3CC[C@@H]2C1. The molecule has 1 saturated carbocycles. The van der Waals surface area contributed by atoms with Crippen LogP contribution in [0.1, 0.15) is 65.3 Å². The van der Waals surface area contributed by atoms with Gasteiger partial charge in [0.25, 0.3) is 5.91 Å². The molecule has 36 heavy (non-hydrogen) atoms. The zero-order valence-electron chi connectivity index (χ0n) is 21.0. The van der Waals surface area contributed by atoms with Crippen molar-refractivity contribution in [2.75, 3.05) is 6.54 Å². The van der Waals surface area contributed by atoms with Gasteiger partial charge in [0.2, 0.25) is 0 Å². The lowest BCUT2D eigenvalue weighted by Crippen LogP contribution is -2.51. The first kappa shape index (κ1) is 24.3. The number of hydrogen-bond acceptors (Lipinski definition) is 3. The van der Waals surface area contributed by atoms with Gasteiger partial charge in [-0.15, -0.1) is 5.92 Å². The predicted octanol–water partition coefficient (Wildman–Crippen LogP) is 5.04. The summed E-state index contributed by atoms with van der Waals surface area (Å²) in [6, 6.07) is 22.8. The Morgan fingerprint density at radius 2 is 1.94 bits per heavy atom. The third kappa shape index (κ3) is 4.94. The Morgan fingerprint density at radius 1 is 1.11 bits per heavy atom. The minimum Gasteiger partial charge on any atom is -0.378 e. The number of aryl methyl sites for hydroxylation is 1. The van der Waals surface area contributed by atoms with Crippen molar-refractivity contribution < 1.29 is 9.90 Å². The molecule has 0 bridgehead atoms. The zero-order valence-corrected chi connectivity index (χ0v) is 21.0. The molecule has 2 aliphatic carbocycles. The van der Waals surface area contributed by atoms with E-state index >= 15 is 0 Å². The molecule has 0 spiro atoms. The average Bonchev–Trinajstić information content (AvgIpc) is 2.90. The van der Waals surface area contributed by atoms with Gasteiger partial charge in [0.1, 0.15) is 5.60 Å². The Morgan fingerprint density at radius 3 is 2.72 bits per heavy atom. The van der Waals surface area contributed by atoms with Gasteiger partial charge < -0.3 is 10.4 Å². The topological polar surface area (TPSA) is 62.2 Å². The van der Waals surface area contributed by atoms with Crippen LogP contribution in [-0.2, 0) is 24.7 Å². The number of hydrogen-bond donors (Lipinski definition) is 2. The van der Waals surface area contributed by atoms with Crippen LogP contribution in [-0.4, -0.2) is 28.1 Å². The summed E-state index contributed by atoms with van der Waals surface area (Å²) in [7, 11) is 0. The fourth-order valence-corrected chi connectivity index (χ4v) is 6.42. The second-order valence-corrected chi connectivity index (χ2v) is 10.4. The van der Waals surface area contributed by atoms with Crippen LogP contribution in [0.15, 0.2) is 72.9 Å². The number of pyridine rings is 1. The van der Waals surface area contributed by atoms with E-state index in [1.807, 2.05) is 31.2 Å². The number of aliphatic hydroxyl groups is 1. The number of carbonyl (C=O) groups is 1. The molecule has 0 unspecified atom stereocenters. The molecule has 1 aromatic heterocycles. The number of nitrogens with one attached hydrogen (secondary N) is 1. The van der Waals surface area contributed by atoms with E-state index < -0.39 is 5.60 Å². The number of aromatic nitrogens is 1. The molecular weight excluding hydrogens is 444 g/mol. The molecule has 5 rings (SSSR count). The first-order chi connectivity index (χ1) is 17.5. The summed E-state index contributed by atoms with van der Waals surface area (Å²) in [5.74, 6) is 6.37. The lowest BCUT2D eigenvalue weighted by atomic mass is 9.52. The fraction of sp³-hybridized carbons (Fsp3) is 0.375. The number of nitrogens with zero attached hydrogens (tertiary/aromatic N) is 1. The van der Waals surface area contributed by atoms with Crippen molar-refractivity contribution in [1.29, 1.82) is 0 Å². The van der Waals surface area contributed by atoms with Gasteiger partial charge in [-0.3, -0.25) is 9.78 Å². The van der Waals surface area contributed by atoms with Gasteiger partial charge in [0, 0.05) is 35.8 Å². The van der Waals surface area contributed by atoms with Crippen molar-refractivity contribution in [3.63, 3.8) is 0 Å². The summed E-state index contributed by atoms with van der Waals surface area (Å²) in [5.41, 5.74) is 4.67. The Labute approximate surface area is 214 Å². The third-order valence-electron chi connectivity index (χ3n) is 8.13. The fourth-order valence-electron chi connectivity index (χ4n) is 6.42. The first-order valence-corrected chi connectivity index (χ1v) is 13.0. The molecule has 1 heterocycles. The summed E-state index contributed by atoms with van der Waals surface area (Å²) < 4.78 is 0. The van der Waals surface area contributed by atoms with Crippen LogP contribution in [0.3, 0.4) is 0 Å². The van der Waals surface area contributed by atoms with E-state index in [0.29, 0.717) is 37.3 Å². The molecule has 3 atom stereocenters. The van der Waals surface area contributed by atoms with E-state index in [4.69, 9.17) is 0 Å². The average molecular weight is 479 g/mol. The lowest BCUT2D eigenvalue weighted by Gasteiger charge is -2.52. The van der Waals surface area contributed by atoms with Crippen LogP contribution < -0.4 is 5.32 Å². The van der Waals surface area contributed by atoms with E-state index in [1.54, 1.807) is 6.20 Å². The summed E-state index contributed by atoms with van der Waals surface area (Å²) in [6.45, 7) is 2.37. The quantitative estimate of drug-likeness (QED) is 0.488. The van der Waals surface area contributed by atoms with E-state index in [1.165, 1.54) is 16.7 Å². The number of carbonyl (C=O) groups excluding carboxylic acids is 1. The molecule has 0 saturated heterocycles. The van der Waals surface area contributed by atoms with Crippen LogP contribution >= 0.6 is 0 Å². The Hall–Kier alpha value is -3.42. The van der Waals surface area contributed by atoms with Gasteiger partial charge in [0.15, 0.2) is 0 Å². The Balaban J connectivity index is 1.40. The molecule has 4 nitrogen and oxygen atoms in total. The summed E-state index contributed by atoms with van der Waals surface area (Å²) in [6.07, 6.45) is 7.61. The highest BCUT2D eigenvalue weighted by Gasteiger charge is 2.51. The number of benzene rings is 2. The number of fused-ring (bicyclic) bond motifs is 3. The second-order valence-electron chi connectivity index (χ2n) is 10.4. The van der Waals surface area contributed by atoms with E-state index in [0.717, 1.165) is 31.4 Å². The maximum absolute atomic E-state index is 13.0. The standard InChI is InChI=1S/C32H34N2O2/c1-2-16-31(36)17-18-32(22-24-8-4-3-5-9-24)27(23-31)13-11-25-21-26(12-14-29(25)32)30(35)34-20-15-28-10-6-7-19-33-28/h3-10,12,14,19,21,27,36H,11,13,15,17-18,20,22-23H2,1H3,(H,34,35)/t27-,31-,32+/m1/s1. The molecule has 0 radical (unpaired) electrons. The molecular formula is C32H34N2O2. The molecule has 184 valence electrons. The minimum absolute atomic E-state index is 0.0378. The van der Waals surface area contributed by atoms with Crippen LogP contribution in [0.25, 0.3) is 0 Å². The molecule has 1 fully saturated rings. The van der Waals surface area contributed by atoms with Crippen LogP contribution in [0, 0.1) is 17.8 Å². The largest absolute Gasteiger partial charge is 0.378 e. The number of amides is 1. The molecule has 2 aromatic carbocycles. The van der Waals surface area contributed by atoms with Gasteiger partial charge in [-0.05, 0) is 92.3 Å². The minimum atomic E-state index is -0.898. The third-order valence-corrected chi connectivity index (χ3v) is 8.13. The van der Waals surface area contributed by atoms with Crippen molar-refractivity contribution in [1.82, 2.24) is 10.3 Å². The normalized spacial score (nSPS) is 24.6. The van der Waals surface area contributed by atoms with Gasteiger partial charge in [-0.1, -0.05) is 48.4 Å².